The second-order valence-corrected chi connectivity index (χ2v) is 4.35. The van der Waals surface area contributed by atoms with Gasteiger partial charge in [-0.3, -0.25) is 0 Å². The van der Waals surface area contributed by atoms with Gasteiger partial charge in [-0.2, -0.15) is 0 Å². The Hall–Kier alpha value is -1.96. The molecule has 0 fully saturated rings. The minimum atomic E-state index is 0.844. The molecule has 2 heteroatoms. The predicted molar refractivity (Wildman–Crippen MR) is 75.3 cm³/mol. The third kappa shape index (κ3) is 2.26. The van der Waals surface area contributed by atoms with Gasteiger partial charge in [0.15, 0.2) is 0 Å². The number of nitrogens with one attached hydrogen (secondary N) is 1. The van der Waals surface area contributed by atoms with Crippen LogP contribution in [0.2, 0.25) is 0 Å². The first kappa shape index (κ1) is 11.5. The highest BCUT2D eigenvalue weighted by atomic mass is 14.8. The van der Waals surface area contributed by atoms with Gasteiger partial charge in [0.25, 0.3) is 0 Å². The molecule has 0 atom stereocenters. The van der Waals surface area contributed by atoms with Crippen LogP contribution in [0.3, 0.4) is 0 Å². The lowest BCUT2D eigenvalue weighted by molar-refractivity contribution is 1.41. The van der Waals surface area contributed by atoms with Gasteiger partial charge < -0.3 is 11.1 Å². The van der Waals surface area contributed by atoms with Crippen molar-refractivity contribution in [1.29, 1.82) is 0 Å². The molecule has 2 aromatic carbocycles. The third-order valence-corrected chi connectivity index (χ3v) is 3.12. The largest absolute Gasteiger partial charge is 0.398 e. The minimum Gasteiger partial charge on any atom is -0.398 e. The summed E-state index contributed by atoms with van der Waals surface area (Å²) >= 11 is 0. The first-order valence-electron chi connectivity index (χ1n) is 5.76. The summed E-state index contributed by atoms with van der Waals surface area (Å²) in [5.41, 5.74) is 12.7. The van der Waals surface area contributed by atoms with E-state index in [0.717, 1.165) is 16.9 Å². The maximum atomic E-state index is 5.96. The Morgan fingerprint density at radius 2 is 1.65 bits per heavy atom. The normalized spacial score (nSPS) is 10.3. The van der Waals surface area contributed by atoms with E-state index in [1.54, 1.807) is 0 Å². The lowest BCUT2D eigenvalue weighted by Gasteiger charge is -2.10. The van der Waals surface area contributed by atoms with Crippen LogP contribution in [0, 0.1) is 13.8 Å². The summed E-state index contributed by atoms with van der Waals surface area (Å²) in [6, 6.07) is 12.6. The number of anilines is 2. The van der Waals surface area contributed by atoms with Crippen molar-refractivity contribution < 1.29 is 0 Å². The van der Waals surface area contributed by atoms with E-state index in [0.29, 0.717) is 0 Å². The fourth-order valence-electron chi connectivity index (χ4n) is 1.90. The lowest BCUT2D eigenvalue weighted by Crippen LogP contribution is -1.93. The van der Waals surface area contributed by atoms with Crippen LogP contribution < -0.4 is 11.1 Å². The van der Waals surface area contributed by atoms with Crippen molar-refractivity contribution in [2.75, 3.05) is 18.1 Å². The Kier molecular flexibility index (Phi) is 3.05. The molecule has 0 aliphatic carbocycles. The second kappa shape index (κ2) is 4.50. The molecule has 2 rings (SSSR count). The summed E-state index contributed by atoms with van der Waals surface area (Å²) in [5, 5.41) is 3.16. The molecule has 0 heterocycles. The molecule has 0 saturated carbocycles. The van der Waals surface area contributed by atoms with Gasteiger partial charge in [0, 0.05) is 18.4 Å². The Bertz CT molecular complexity index is 545. The molecule has 2 nitrogen and oxygen atoms in total. The molecule has 0 spiro atoms. The van der Waals surface area contributed by atoms with Crippen LogP contribution in [0.1, 0.15) is 11.1 Å². The number of nitrogens with two attached hydrogens (primary N) is 1. The average Bonchev–Trinajstić information content (AvgIpc) is 2.33. The molecular weight excluding hydrogens is 208 g/mol. The highest BCUT2D eigenvalue weighted by Crippen LogP contribution is 2.28. The van der Waals surface area contributed by atoms with Gasteiger partial charge in [0.2, 0.25) is 0 Å². The number of nitrogen functional groups attached to an aromatic ring is 1. The van der Waals surface area contributed by atoms with Crippen LogP contribution in [0.5, 0.6) is 0 Å². The van der Waals surface area contributed by atoms with Crippen LogP contribution in [0.4, 0.5) is 11.4 Å². The lowest BCUT2D eigenvalue weighted by atomic mass is 9.98. The number of hydrogen-bond acceptors (Lipinski definition) is 2. The number of hydrogen-bond donors (Lipinski definition) is 2. The van der Waals surface area contributed by atoms with Crippen molar-refractivity contribution in [1.82, 2.24) is 0 Å². The number of aryl methyl sites for hydroxylation is 2. The van der Waals surface area contributed by atoms with Gasteiger partial charge in [-0.1, -0.05) is 18.2 Å². The quantitative estimate of drug-likeness (QED) is 0.768. The molecule has 0 radical (unpaired) electrons. The molecule has 0 aliphatic rings. The van der Waals surface area contributed by atoms with Gasteiger partial charge in [0.05, 0.1) is 0 Å². The van der Waals surface area contributed by atoms with Crippen LogP contribution in [0.25, 0.3) is 11.1 Å². The maximum absolute atomic E-state index is 5.96. The first-order chi connectivity index (χ1) is 8.11. The van der Waals surface area contributed by atoms with E-state index in [-0.39, 0.29) is 0 Å². The molecule has 0 aliphatic heterocycles. The molecular formula is C15H18N2. The average molecular weight is 226 g/mol. The van der Waals surface area contributed by atoms with Crippen LogP contribution in [0.15, 0.2) is 36.4 Å². The van der Waals surface area contributed by atoms with Gasteiger partial charge in [-0.15, -0.1) is 0 Å². The topological polar surface area (TPSA) is 38.0 Å². The van der Waals surface area contributed by atoms with Crippen molar-refractivity contribution in [2.45, 2.75) is 13.8 Å². The van der Waals surface area contributed by atoms with E-state index < -0.39 is 0 Å². The van der Waals surface area contributed by atoms with Crippen molar-refractivity contribution in [3.05, 3.63) is 47.5 Å². The fourth-order valence-corrected chi connectivity index (χ4v) is 1.90. The standard InChI is InChI=1S/C15H18N2/c1-10-5-7-13(17-3)9-14(10)12-6-4-11(2)15(16)8-12/h4-9,17H,16H2,1-3H3. The first-order valence-corrected chi connectivity index (χ1v) is 5.76. The Morgan fingerprint density at radius 3 is 2.29 bits per heavy atom. The smallest absolute Gasteiger partial charge is 0.0349 e. The Morgan fingerprint density at radius 1 is 0.941 bits per heavy atom. The molecule has 0 saturated heterocycles. The molecule has 0 amide bonds. The summed E-state index contributed by atoms with van der Waals surface area (Å²) < 4.78 is 0. The molecule has 0 bridgehead atoms. The van der Waals surface area contributed by atoms with E-state index in [2.05, 4.69) is 42.6 Å². The van der Waals surface area contributed by atoms with Gasteiger partial charge >= 0.3 is 0 Å². The van der Waals surface area contributed by atoms with E-state index >= 15 is 0 Å². The van der Waals surface area contributed by atoms with E-state index in [1.807, 2.05) is 20.0 Å². The molecule has 0 unspecified atom stereocenters. The molecule has 88 valence electrons. The van der Waals surface area contributed by atoms with Crippen LogP contribution in [-0.2, 0) is 0 Å². The Balaban J connectivity index is 2.55. The van der Waals surface area contributed by atoms with Crippen LogP contribution in [-0.4, -0.2) is 7.05 Å². The maximum Gasteiger partial charge on any atom is 0.0349 e. The van der Waals surface area contributed by atoms with Gasteiger partial charge in [-0.25, -0.2) is 0 Å². The monoisotopic (exact) mass is 226 g/mol. The van der Waals surface area contributed by atoms with Crippen molar-refractivity contribution >= 4 is 11.4 Å². The zero-order chi connectivity index (χ0) is 12.4. The molecule has 0 aromatic heterocycles. The highest BCUT2D eigenvalue weighted by Gasteiger charge is 2.04. The van der Waals surface area contributed by atoms with E-state index in [4.69, 9.17) is 5.73 Å². The summed E-state index contributed by atoms with van der Waals surface area (Å²) in [5.74, 6) is 0. The zero-order valence-electron chi connectivity index (χ0n) is 10.5. The van der Waals surface area contributed by atoms with E-state index in [1.165, 1.54) is 16.7 Å². The molecule has 2 aromatic rings. The fraction of sp³-hybridized carbons (Fsp3) is 0.200. The summed E-state index contributed by atoms with van der Waals surface area (Å²) in [7, 11) is 1.93. The number of rotatable bonds is 2. The third-order valence-electron chi connectivity index (χ3n) is 3.12. The molecule has 17 heavy (non-hydrogen) atoms. The van der Waals surface area contributed by atoms with Gasteiger partial charge in [-0.05, 0) is 54.3 Å². The minimum absolute atomic E-state index is 0.844. The molecule has 3 N–H and O–H groups in total. The number of benzene rings is 2. The van der Waals surface area contributed by atoms with Crippen LogP contribution >= 0.6 is 0 Å². The predicted octanol–water partition coefficient (Wildman–Crippen LogP) is 3.59. The second-order valence-electron chi connectivity index (χ2n) is 4.35. The van der Waals surface area contributed by atoms with Crippen molar-refractivity contribution in [3.8, 4) is 11.1 Å². The summed E-state index contributed by atoms with van der Waals surface area (Å²) in [6.07, 6.45) is 0. The SMILES string of the molecule is CNc1ccc(C)c(-c2ccc(C)c(N)c2)c1. The van der Waals surface area contributed by atoms with Crippen molar-refractivity contribution in [2.24, 2.45) is 0 Å². The van der Waals surface area contributed by atoms with Crippen molar-refractivity contribution in [3.63, 3.8) is 0 Å². The zero-order valence-corrected chi connectivity index (χ0v) is 10.5. The summed E-state index contributed by atoms with van der Waals surface area (Å²) in [4.78, 5) is 0. The highest BCUT2D eigenvalue weighted by molar-refractivity contribution is 5.74. The Labute approximate surface area is 102 Å². The van der Waals surface area contributed by atoms with E-state index in [9.17, 15) is 0 Å². The summed E-state index contributed by atoms with van der Waals surface area (Å²) in [6.45, 7) is 4.14. The van der Waals surface area contributed by atoms with Gasteiger partial charge in [0.1, 0.15) is 0 Å².